The van der Waals surface area contributed by atoms with E-state index in [0.29, 0.717) is 19.4 Å². The highest BCUT2D eigenvalue weighted by Crippen LogP contribution is 2.21. The van der Waals surface area contributed by atoms with Crippen molar-refractivity contribution in [2.24, 2.45) is 0 Å². The Morgan fingerprint density at radius 1 is 0.292 bits per heavy atom. The summed E-state index contributed by atoms with van der Waals surface area (Å²) in [6.07, 6.45) is 113. The minimum atomic E-state index is -0.844. The summed E-state index contributed by atoms with van der Waals surface area (Å²) in [6.45, 7) is 4.97. The van der Waals surface area contributed by atoms with Gasteiger partial charge in [0.2, 0.25) is 5.91 Å². The van der Waals surface area contributed by atoms with E-state index in [0.717, 1.165) is 44.9 Å². The Balaban J connectivity index is 3.37. The molecule has 0 aliphatic heterocycles. The maximum Gasteiger partial charge on any atom is 0.305 e. The number of ether oxygens (including phenoxy) is 1. The van der Waals surface area contributed by atoms with Crippen LogP contribution < -0.4 is 5.32 Å². The molecule has 1 amide bonds. The quantitative estimate of drug-likeness (QED) is 0.0320. The van der Waals surface area contributed by atoms with Crippen LogP contribution in [0.1, 0.15) is 502 Å². The average molecular weight is 1350 g/mol. The molecule has 2 atom stereocenters. The van der Waals surface area contributed by atoms with Gasteiger partial charge in [0.1, 0.15) is 0 Å². The summed E-state index contributed by atoms with van der Waals surface area (Å²) in [5.74, 6) is -0.0354. The third kappa shape index (κ3) is 81.0. The normalized spacial score (nSPS) is 12.6. The first-order valence-electron chi connectivity index (χ1n) is 44.3. The molecule has 0 aromatic heterocycles. The highest BCUT2D eigenvalue weighted by atomic mass is 16.5. The number of aliphatic hydroxyl groups excluding tert-OH is 2. The number of rotatable bonds is 84. The zero-order chi connectivity index (χ0) is 69.1. The molecule has 0 fully saturated rings. The molecule has 2 unspecified atom stereocenters. The highest BCUT2D eigenvalue weighted by Gasteiger charge is 2.18. The Morgan fingerprint density at radius 2 is 0.521 bits per heavy atom. The number of unbranched alkanes of at least 4 members (excludes halogenated alkanes) is 69. The number of aliphatic hydroxyl groups is 2. The van der Waals surface area contributed by atoms with Gasteiger partial charge in [0.05, 0.1) is 25.4 Å². The number of nitrogens with one attached hydrogen (secondary N) is 1. The molecule has 6 heteroatoms. The molecule has 0 saturated heterocycles. The third-order valence-corrected chi connectivity index (χ3v) is 20.9. The summed E-state index contributed by atoms with van der Waals surface area (Å²) >= 11 is 0. The van der Waals surface area contributed by atoms with Gasteiger partial charge >= 0.3 is 5.97 Å². The van der Waals surface area contributed by atoms with Gasteiger partial charge in [-0.05, 0) is 64.2 Å². The van der Waals surface area contributed by atoms with Gasteiger partial charge in [0.15, 0.2) is 0 Å². The van der Waals surface area contributed by atoms with Crippen LogP contribution in [0.3, 0.4) is 0 Å². The predicted octanol–water partition coefficient (Wildman–Crippen LogP) is 29.7. The van der Waals surface area contributed by atoms with Crippen molar-refractivity contribution in [3.05, 3.63) is 36.5 Å². The largest absolute Gasteiger partial charge is 0.466 e. The number of carbonyl (C=O) groups excluding carboxylic acids is 2. The van der Waals surface area contributed by atoms with Crippen LogP contribution in [0.2, 0.25) is 0 Å². The van der Waals surface area contributed by atoms with Gasteiger partial charge in [-0.2, -0.15) is 0 Å². The zero-order valence-electron chi connectivity index (χ0n) is 65.4. The topological polar surface area (TPSA) is 95.9 Å². The first-order valence-corrected chi connectivity index (χ1v) is 44.3. The average Bonchev–Trinajstić information content (AvgIpc) is 3.77. The second kappa shape index (κ2) is 85.5. The monoisotopic (exact) mass is 1350 g/mol. The Bertz CT molecular complexity index is 1560. The van der Waals surface area contributed by atoms with Crippen LogP contribution in [0.15, 0.2) is 36.5 Å². The van der Waals surface area contributed by atoms with Crippen molar-refractivity contribution in [3.8, 4) is 0 Å². The second-order valence-corrected chi connectivity index (χ2v) is 30.6. The van der Waals surface area contributed by atoms with Crippen molar-refractivity contribution in [1.29, 1.82) is 0 Å². The molecule has 0 spiro atoms. The number of hydrogen-bond acceptors (Lipinski definition) is 5. The molecular weight excluding hydrogens is 1170 g/mol. The number of esters is 1. The van der Waals surface area contributed by atoms with Crippen LogP contribution in [0.25, 0.3) is 0 Å². The number of carbonyl (C=O) groups is 2. The van der Waals surface area contributed by atoms with Crippen LogP contribution in [-0.4, -0.2) is 47.4 Å². The smallest absolute Gasteiger partial charge is 0.305 e. The van der Waals surface area contributed by atoms with Gasteiger partial charge < -0.3 is 20.3 Å². The molecule has 0 aliphatic carbocycles. The fraction of sp³-hybridized carbons (Fsp3) is 0.911. The standard InChI is InChI=1S/C90H173NO5/c1-3-5-7-9-11-13-15-17-19-21-23-24-40-43-47-50-54-58-62-66-70-74-78-82-88(93)87(86-92)91-89(94)83-79-75-71-67-63-59-55-51-48-44-41-38-36-34-32-30-28-26-25-27-29-31-33-35-37-39-42-45-49-53-57-61-65-69-73-77-81-85-96-90(95)84-80-76-72-68-64-60-56-52-46-22-20-18-16-14-12-10-8-6-4-2/h25,27,31,33,78,82,87-88,92-93H,3-24,26,28-30,32,34-77,79-81,83-86H2,1-2H3,(H,91,94)/b27-25-,33-31-,82-78+. The van der Waals surface area contributed by atoms with E-state index < -0.39 is 12.1 Å². The Kier molecular flexibility index (Phi) is 83.8. The van der Waals surface area contributed by atoms with Gasteiger partial charge in [-0.25, -0.2) is 0 Å². The maximum atomic E-state index is 12.6. The van der Waals surface area contributed by atoms with E-state index in [2.05, 4.69) is 43.5 Å². The SMILES string of the molecule is CCCCCCCCCCCCCCCCCCCCCCC/C=C/C(O)C(CO)NC(=O)CCCCCCCCCCCCCCCCCCC/C=C\C/C=C\CCCCCCCCCCCCCCCOC(=O)CCCCCCCCCCCCCCCCCCCCC. The van der Waals surface area contributed by atoms with E-state index in [1.165, 1.54) is 430 Å². The van der Waals surface area contributed by atoms with Gasteiger partial charge in [0, 0.05) is 12.8 Å². The number of allylic oxidation sites excluding steroid dienone is 5. The van der Waals surface area contributed by atoms with Gasteiger partial charge in [-0.3, -0.25) is 9.59 Å². The maximum absolute atomic E-state index is 12.6. The second-order valence-electron chi connectivity index (χ2n) is 30.6. The molecule has 0 bridgehead atoms. The zero-order valence-corrected chi connectivity index (χ0v) is 65.4. The molecule has 0 aromatic rings. The number of hydrogen-bond donors (Lipinski definition) is 3. The summed E-state index contributed by atoms with van der Waals surface area (Å²) in [5, 5.41) is 23.3. The van der Waals surface area contributed by atoms with Crippen molar-refractivity contribution in [3.63, 3.8) is 0 Å². The van der Waals surface area contributed by atoms with Gasteiger partial charge in [0.25, 0.3) is 0 Å². The lowest BCUT2D eigenvalue weighted by atomic mass is 10.0. The predicted molar refractivity (Wildman–Crippen MR) is 426 cm³/mol. The lowest BCUT2D eigenvalue weighted by Gasteiger charge is -2.20. The van der Waals surface area contributed by atoms with Crippen LogP contribution >= 0.6 is 0 Å². The first-order chi connectivity index (χ1) is 47.5. The molecule has 96 heavy (non-hydrogen) atoms. The van der Waals surface area contributed by atoms with E-state index in [9.17, 15) is 19.8 Å². The van der Waals surface area contributed by atoms with Crippen LogP contribution in [0.4, 0.5) is 0 Å². The molecule has 0 aromatic carbocycles. The molecule has 0 radical (unpaired) electrons. The minimum Gasteiger partial charge on any atom is -0.466 e. The van der Waals surface area contributed by atoms with Crippen molar-refractivity contribution in [2.75, 3.05) is 13.2 Å². The minimum absolute atomic E-state index is 0.0245. The molecule has 6 nitrogen and oxygen atoms in total. The van der Waals surface area contributed by atoms with Crippen LogP contribution in [0, 0.1) is 0 Å². The lowest BCUT2D eigenvalue weighted by Crippen LogP contribution is -2.45. The summed E-state index contributed by atoms with van der Waals surface area (Å²) in [4.78, 5) is 24.7. The Labute approximate surface area is 602 Å². The summed E-state index contributed by atoms with van der Waals surface area (Å²) < 4.78 is 5.52. The molecule has 0 rings (SSSR count). The molecule has 0 heterocycles. The van der Waals surface area contributed by atoms with E-state index in [1.807, 2.05) is 6.08 Å². The third-order valence-electron chi connectivity index (χ3n) is 20.9. The molecule has 3 N–H and O–H groups in total. The fourth-order valence-corrected chi connectivity index (χ4v) is 14.2. The Morgan fingerprint density at radius 3 is 0.792 bits per heavy atom. The van der Waals surface area contributed by atoms with Crippen LogP contribution in [-0.2, 0) is 14.3 Å². The lowest BCUT2D eigenvalue weighted by molar-refractivity contribution is -0.143. The summed E-state index contributed by atoms with van der Waals surface area (Å²) in [5.41, 5.74) is 0. The fourth-order valence-electron chi connectivity index (χ4n) is 14.2. The van der Waals surface area contributed by atoms with Crippen LogP contribution in [0.5, 0.6) is 0 Å². The Hall–Kier alpha value is -1.92. The summed E-state index contributed by atoms with van der Waals surface area (Å²) in [6, 6.07) is -0.628. The van der Waals surface area contributed by atoms with Crippen molar-refractivity contribution >= 4 is 11.9 Å². The van der Waals surface area contributed by atoms with E-state index in [-0.39, 0.29) is 18.5 Å². The van der Waals surface area contributed by atoms with E-state index in [1.54, 1.807) is 6.08 Å². The molecule has 0 aliphatic rings. The number of amides is 1. The first kappa shape index (κ1) is 94.1. The van der Waals surface area contributed by atoms with Crippen molar-refractivity contribution < 1.29 is 24.5 Å². The molecule has 0 saturated carbocycles. The molecular formula is C90H173NO5. The van der Waals surface area contributed by atoms with E-state index >= 15 is 0 Å². The highest BCUT2D eigenvalue weighted by molar-refractivity contribution is 5.76. The van der Waals surface area contributed by atoms with Crippen molar-refractivity contribution in [1.82, 2.24) is 5.32 Å². The summed E-state index contributed by atoms with van der Waals surface area (Å²) in [7, 11) is 0. The molecule has 568 valence electrons. The van der Waals surface area contributed by atoms with Gasteiger partial charge in [-0.1, -0.05) is 461 Å². The van der Waals surface area contributed by atoms with Gasteiger partial charge in [-0.15, -0.1) is 0 Å². The van der Waals surface area contributed by atoms with E-state index in [4.69, 9.17) is 4.74 Å². The van der Waals surface area contributed by atoms with Crippen molar-refractivity contribution in [2.45, 2.75) is 514 Å².